The first-order valence-electron chi connectivity index (χ1n) is 8.94. The fraction of sp³-hybridized carbons (Fsp3) is 0.778. The van der Waals surface area contributed by atoms with Crippen LogP contribution in [0.3, 0.4) is 0 Å². The van der Waals surface area contributed by atoms with Gasteiger partial charge in [0.15, 0.2) is 0 Å². The minimum Gasteiger partial charge on any atom is -0.411 e. The van der Waals surface area contributed by atoms with Gasteiger partial charge in [-0.2, -0.15) is 0 Å². The second-order valence-corrected chi connectivity index (χ2v) is 7.69. The van der Waals surface area contributed by atoms with E-state index in [1.165, 1.54) is 38.5 Å². The predicted molar refractivity (Wildman–Crippen MR) is 128 cm³/mol. The molecule has 2 rings (SSSR count). The summed E-state index contributed by atoms with van der Waals surface area (Å²) in [5.41, 5.74) is 0. The Hall–Kier alpha value is 1.02. The monoisotopic (exact) mass is 526 g/mol. The molecule has 2 aliphatic heterocycles. The number of hydrogen-bond donors (Lipinski definition) is 0. The van der Waals surface area contributed by atoms with E-state index in [4.69, 9.17) is 49.7 Å². The number of rotatable bonds is 2. The number of nitrogens with zero attached hydrogens (tertiary/aromatic N) is 2. The summed E-state index contributed by atoms with van der Waals surface area (Å²) in [4.78, 5) is 4.15. The van der Waals surface area contributed by atoms with E-state index in [9.17, 15) is 0 Å². The van der Waals surface area contributed by atoms with Crippen LogP contribution < -0.4 is 0 Å². The van der Waals surface area contributed by atoms with Crippen LogP contribution in [0.5, 0.6) is 0 Å². The number of hydrogen-bond acceptors (Lipinski definition) is 4. The van der Waals surface area contributed by atoms with E-state index in [2.05, 4.69) is 37.5 Å². The molecule has 0 aromatic heterocycles. The van der Waals surface area contributed by atoms with Gasteiger partial charge in [-0.25, -0.2) is 0 Å². The molecular weight excluding hydrogens is 491 g/mol. The van der Waals surface area contributed by atoms with Gasteiger partial charge in [-0.05, 0) is 25.7 Å². The molecule has 0 N–H and O–H groups in total. The molecule has 25 heavy (non-hydrogen) atoms. The molecule has 0 atom stereocenters. The van der Waals surface area contributed by atoms with Gasteiger partial charge in [-0.15, -0.1) is 0 Å². The Kier molecular flexibility index (Phi) is 28.3. The Labute approximate surface area is 196 Å². The molecule has 0 bridgehead atoms. The summed E-state index contributed by atoms with van der Waals surface area (Å²) in [5, 5.41) is 0. The topological polar surface area (TPSA) is 6.48 Å². The smallest absolute Gasteiger partial charge is 0.411 e. The van der Waals surface area contributed by atoms with Crippen LogP contribution in [0.15, 0.2) is 0 Å². The minimum absolute atomic E-state index is 0. The van der Waals surface area contributed by atoms with E-state index in [1.54, 1.807) is 0 Å². The first-order chi connectivity index (χ1) is 11.4. The Morgan fingerprint density at radius 1 is 0.760 bits per heavy atom. The van der Waals surface area contributed by atoms with Gasteiger partial charge in [0.25, 0.3) is 0 Å². The van der Waals surface area contributed by atoms with Crippen LogP contribution in [-0.4, -0.2) is 68.5 Å². The maximum atomic E-state index is 4.80. The van der Waals surface area contributed by atoms with Crippen molar-refractivity contribution in [2.75, 3.05) is 26.2 Å². The average molecular weight is 525 g/mol. The molecule has 144 valence electrons. The van der Waals surface area contributed by atoms with Gasteiger partial charge in [0.1, 0.15) is 0 Å². The van der Waals surface area contributed by atoms with Crippen LogP contribution in [0, 0.1) is 13.8 Å². The standard InChI is InChI=1S/2C5H9NS2.2C4H9.Sn/c2*7-5(8)6-3-1-2-4-6;2*1-3-4-2;/h2*1-4H2,(H,7,8);2*1,3-4H2,2H3;/q;;;;+2/p-2. The zero-order valence-corrected chi connectivity index (χ0v) is 22.0. The van der Waals surface area contributed by atoms with Gasteiger partial charge in [0, 0.05) is 26.2 Å². The zero-order valence-electron chi connectivity index (χ0n) is 15.9. The summed E-state index contributed by atoms with van der Waals surface area (Å²) in [7, 11) is 0. The van der Waals surface area contributed by atoms with Gasteiger partial charge >= 0.3 is 23.9 Å². The normalized spacial score (nSPS) is 14.7. The molecule has 2 nitrogen and oxygen atoms in total. The van der Waals surface area contributed by atoms with E-state index >= 15 is 0 Å². The van der Waals surface area contributed by atoms with Crippen LogP contribution in [0.4, 0.5) is 0 Å². The molecule has 2 saturated heterocycles. The molecule has 4 radical (unpaired) electrons. The van der Waals surface area contributed by atoms with Crippen LogP contribution in [0.25, 0.3) is 0 Å². The van der Waals surface area contributed by atoms with Crippen LogP contribution >= 0.6 is 24.4 Å². The fourth-order valence-corrected chi connectivity index (χ4v) is 2.53. The van der Waals surface area contributed by atoms with Crippen molar-refractivity contribution in [3.8, 4) is 0 Å². The Balaban J connectivity index is -0.000000270. The zero-order chi connectivity index (χ0) is 18.8. The van der Waals surface area contributed by atoms with E-state index < -0.39 is 0 Å². The molecule has 0 amide bonds. The maximum Gasteiger partial charge on any atom is 2.00 e. The Morgan fingerprint density at radius 3 is 1.04 bits per heavy atom. The van der Waals surface area contributed by atoms with Gasteiger partial charge in [0.05, 0.1) is 0 Å². The predicted octanol–water partition coefficient (Wildman–Crippen LogP) is 4.69. The Bertz CT molecular complexity index is 271. The summed E-state index contributed by atoms with van der Waals surface area (Å²) in [6, 6.07) is 0. The molecule has 7 heteroatoms. The molecule has 2 aliphatic rings. The van der Waals surface area contributed by atoms with Crippen molar-refractivity contribution in [1.82, 2.24) is 9.80 Å². The molecule has 0 spiro atoms. The average Bonchev–Trinajstić information content (AvgIpc) is 3.28. The third-order valence-electron chi connectivity index (χ3n) is 3.44. The van der Waals surface area contributed by atoms with Crippen LogP contribution in [-0.2, 0) is 25.3 Å². The molecular formula is C18H34N2S4Sn. The molecule has 0 unspecified atom stereocenters. The van der Waals surface area contributed by atoms with E-state index in [0.717, 1.165) is 39.0 Å². The third kappa shape index (κ3) is 21.2. The molecule has 0 saturated carbocycles. The van der Waals surface area contributed by atoms with Crippen molar-refractivity contribution >= 4 is 82.2 Å². The van der Waals surface area contributed by atoms with E-state index in [0.29, 0.717) is 8.64 Å². The SMILES string of the molecule is S=C([S-])N1CCCC1.S=C([S-])N1CCCC1.[CH2]CCC.[CH2]CCC.[Sn+2]. The van der Waals surface area contributed by atoms with Crippen molar-refractivity contribution in [2.45, 2.75) is 65.2 Å². The first kappa shape index (κ1) is 30.7. The quantitative estimate of drug-likeness (QED) is 0.291. The van der Waals surface area contributed by atoms with Crippen molar-refractivity contribution in [1.29, 1.82) is 0 Å². The molecule has 2 fully saturated rings. The molecule has 0 aliphatic carbocycles. The summed E-state index contributed by atoms with van der Waals surface area (Å²) < 4.78 is 1.28. The van der Waals surface area contributed by atoms with E-state index in [-0.39, 0.29) is 23.9 Å². The van der Waals surface area contributed by atoms with Gasteiger partial charge < -0.3 is 59.5 Å². The van der Waals surface area contributed by atoms with Crippen molar-refractivity contribution < 1.29 is 0 Å². The largest absolute Gasteiger partial charge is 2.00 e. The summed E-state index contributed by atoms with van der Waals surface area (Å²) >= 11 is 19.2. The number of likely N-dealkylation sites (tertiary alicyclic amines) is 2. The van der Waals surface area contributed by atoms with Crippen LogP contribution in [0.1, 0.15) is 65.2 Å². The van der Waals surface area contributed by atoms with E-state index in [1.807, 2.05) is 0 Å². The second kappa shape index (κ2) is 23.1. The minimum atomic E-state index is 0. The maximum absolute atomic E-state index is 4.80. The summed E-state index contributed by atoms with van der Waals surface area (Å²) in [5.74, 6) is 0. The summed E-state index contributed by atoms with van der Waals surface area (Å²) in [6.07, 6.45) is 9.60. The molecule has 2 heterocycles. The third-order valence-corrected chi connectivity index (χ3v) is 4.47. The fourth-order valence-electron chi connectivity index (χ4n) is 1.80. The molecule has 0 aromatic rings. The second-order valence-electron chi connectivity index (χ2n) is 5.63. The van der Waals surface area contributed by atoms with Gasteiger partial charge in [0.2, 0.25) is 0 Å². The van der Waals surface area contributed by atoms with Gasteiger partial charge in [-0.3, -0.25) is 0 Å². The molecule has 0 aromatic carbocycles. The van der Waals surface area contributed by atoms with Gasteiger partial charge in [-0.1, -0.05) is 62.0 Å². The van der Waals surface area contributed by atoms with Crippen molar-refractivity contribution in [2.24, 2.45) is 0 Å². The van der Waals surface area contributed by atoms with Crippen molar-refractivity contribution in [3.63, 3.8) is 0 Å². The number of thiocarbonyl (C=S) groups is 2. The van der Waals surface area contributed by atoms with Crippen molar-refractivity contribution in [3.05, 3.63) is 13.8 Å². The summed E-state index contributed by atoms with van der Waals surface area (Å²) in [6.45, 7) is 15.8. The number of unbranched alkanes of at least 4 members (excludes halogenated alkanes) is 2. The Morgan fingerprint density at radius 2 is 0.960 bits per heavy atom. The first-order valence-corrected chi connectivity index (χ1v) is 10.6. The van der Waals surface area contributed by atoms with Crippen LogP contribution in [0.2, 0.25) is 0 Å².